The second-order valence-electron chi connectivity index (χ2n) is 5.58. The smallest absolute Gasteiger partial charge is 0.338 e. The summed E-state index contributed by atoms with van der Waals surface area (Å²) in [7, 11) is 0. The van der Waals surface area contributed by atoms with E-state index in [-0.39, 0.29) is 17.4 Å². The SMILES string of the molecule is Cc1cc(C)cc(CC(C)NC(=O)c2cc(C(=O)O)co2)c1. The van der Waals surface area contributed by atoms with Crippen molar-refractivity contribution in [3.05, 3.63) is 58.5 Å². The van der Waals surface area contributed by atoms with E-state index < -0.39 is 11.9 Å². The van der Waals surface area contributed by atoms with Gasteiger partial charge in [0.1, 0.15) is 6.26 Å². The van der Waals surface area contributed by atoms with E-state index in [9.17, 15) is 9.59 Å². The third-order valence-electron chi connectivity index (χ3n) is 3.27. The molecule has 0 saturated carbocycles. The monoisotopic (exact) mass is 301 g/mol. The van der Waals surface area contributed by atoms with Gasteiger partial charge in [-0.3, -0.25) is 4.79 Å². The van der Waals surface area contributed by atoms with Gasteiger partial charge in [-0.25, -0.2) is 4.79 Å². The third kappa shape index (κ3) is 3.97. The molecular weight excluding hydrogens is 282 g/mol. The number of carbonyl (C=O) groups is 2. The fourth-order valence-corrected chi connectivity index (χ4v) is 2.45. The van der Waals surface area contributed by atoms with Gasteiger partial charge in [-0.15, -0.1) is 0 Å². The first-order chi connectivity index (χ1) is 10.3. The van der Waals surface area contributed by atoms with Crippen molar-refractivity contribution in [3.8, 4) is 0 Å². The van der Waals surface area contributed by atoms with Crippen molar-refractivity contribution < 1.29 is 19.1 Å². The summed E-state index contributed by atoms with van der Waals surface area (Å²) in [5.41, 5.74) is 3.49. The molecule has 0 aliphatic rings. The van der Waals surface area contributed by atoms with E-state index in [0.717, 1.165) is 11.8 Å². The standard InChI is InChI=1S/C17H19NO4/c1-10-4-11(2)6-13(5-10)7-12(3)18-16(19)15-8-14(9-22-15)17(20)21/h4-6,8-9,12H,7H2,1-3H3,(H,18,19)(H,20,21). The number of hydrogen-bond donors (Lipinski definition) is 2. The van der Waals surface area contributed by atoms with Crippen LogP contribution in [0.15, 0.2) is 34.9 Å². The number of carbonyl (C=O) groups excluding carboxylic acids is 1. The average molecular weight is 301 g/mol. The van der Waals surface area contributed by atoms with Crippen LogP contribution in [0.4, 0.5) is 0 Å². The van der Waals surface area contributed by atoms with Crippen molar-refractivity contribution in [1.82, 2.24) is 5.32 Å². The average Bonchev–Trinajstić information content (AvgIpc) is 2.86. The van der Waals surface area contributed by atoms with Gasteiger partial charge in [-0.2, -0.15) is 0 Å². The van der Waals surface area contributed by atoms with Crippen LogP contribution < -0.4 is 5.32 Å². The van der Waals surface area contributed by atoms with Crippen molar-refractivity contribution in [1.29, 1.82) is 0 Å². The summed E-state index contributed by atoms with van der Waals surface area (Å²) in [6.07, 6.45) is 1.76. The predicted molar refractivity (Wildman–Crippen MR) is 82.2 cm³/mol. The lowest BCUT2D eigenvalue weighted by Crippen LogP contribution is -2.33. The van der Waals surface area contributed by atoms with Crippen LogP contribution >= 0.6 is 0 Å². The minimum atomic E-state index is -1.12. The highest BCUT2D eigenvalue weighted by atomic mass is 16.4. The van der Waals surface area contributed by atoms with Gasteiger partial charge < -0.3 is 14.8 Å². The fraction of sp³-hybridized carbons (Fsp3) is 0.294. The molecule has 2 rings (SSSR count). The van der Waals surface area contributed by atoms with E-state index in [2.05, 4.69) is 23.5 Å². The number of amides is 1. The third-order valence-corrected chi connectivity index (χ3v) is 3.27. The van der Waals surface area contributed by atoms with Gasteiger partial charge in [-0.1, -0.05) is 29.3 Å². The summed E-state index contributed by atoms with van der Waals surface area (Å²) in [4.78, 5) is 22.8. The van der Waals surface area contributed by atoms with E-state index in [4.69, 9.17) is 9.52 Å². The number of furan rings is 1. The first-order valence-electron chi connectivity index (χ1n) is 7.05. The highest BCUT2D eigenvalue weighted by Gasteiger charge is 2.16. The molecule has 5 nitrogen and oxygen atoms in total. The molecule has 1 unspecified atom stereocenters. The highest BCUT2D eigenvalue weighted by molar-refractivity contribution is 5.95. The molecule has 22 heavy (non-hydrogen) atoms. The second kappa shape index (κ2) is 6.47. The Morgan fingerprint density at radius 3 is 2.36 bits per heavy atom. The Balaban J connectivity index is 1.99. The summed E-state index contributed by atoms with van der Waals surface area (Å²) in [6.45, 7) is 5.97. The van der Waals surface area contributed by atoms with Crippen LogP contribution in [0.2, 0.25) is 0 Å². The molecule has 1 aromatic heterocycles. The summed E-state index contributed by atoms with van der Waals surface area (Å²) < 4.78 is 4.98. The van der Waals surface area contributed by atoms with Crippen LogP contribution in [0.25, 0.3) is 0 Å². The molecule has 0 aliphatic carbocycles. The number of hydrogen-bond acceptors (Lipinski definition) is 3. The minimum absolute atomic E-state index is 0.00433. The molecule has 5 heteroatoms. The van der Waals surface area contributed by atoms with Crippen molar-refractivity contribution in [2.75, 3.05) is 0 Å². The number of nitrogens with one attached hydrogen (secondary N) is 1. The molecule has 0 bridgehead atoms. The zero-order chi connectivity index (χ0) is 16.3. The van der Waals surface area contributed by atoms with E-state index in [1.165, 1.54) is 17.2 Å². The lowest BCUT2D eigenvalue weighted by atomic mass is 10.0. The topological polar surface area (TPSA) is 79.5 Å². The zero-order valence-electron chi connectivity index (χ0n) is 12.8. The van der Waals surface area contributed by atoms with E-state index in [1.54, 1.807) is 0 Å². The summed E-state index contributed by atoms with van der Waals surface area (Å²) in [5.74, 6) is -1.53. The number of benzene rings is 1. The van der Waals surface area contributed by atoms with Crippen molar-refractivity contribution in [2.45, 2.75) is 33.2 Å². The number of carboxylic acid groups (broad SMARTS) is 1. The zero-order valence-corrected chi connectivity index (χ0v) is 12.8. The maximum atomic E-state index is 12.0. The number of aryl methyl sites for hydroxylation is 2. The minimum Gasteiger partial charge on any atom is -0.478 e. The summed E-state index contributed by atoms with van der Waals surface area (Å²) >= 11 is 0. The quantitative estimate of drug-likeness (QED) is 0.890. The van der Waals surface area contributed by atoms with Crippen LogP contribution in [0.5, 0.6) is 0 Å². The normalized spacial score (nSPS) is 12.0. The van der Waals surface area contributed by atoms with Gasteiger partial charge in [0.05, 0.1) is 5.56 Å². The van der Waals surface area contributed by atoms with Crippen molar-refractivity contribution in [3.63, 3.8) is 0 Å². The van der Waals surface area contributed by atoms with E-state index in [1.807, 2.05) is 20.8 Å². The first kappa shape index (κ1) is 15.8. The Kier molecular flexibility index (Phi) is 4.65. The summed E-state index contributed by atoms with van der Waals surface area (Å²) in [5, 5.41) is 11.6. The van der Waals surface area contributed by atoms with E-state index >= 15 is 0 Å². The van der Waals surface area contributed by atoms with Gasteiger partial charge in [0.15, 0.2) is 5.76 Å². The second-order valence-corrected chi connectivity index (χ2v) is 5.58. The summed E-state index contributed by atoms with van der Waals surface area (Å²) in [6, 6.07) is 7.41. The van der Waals surface area contributed by atoms with Crippen LogP contribution in [0.3, 0.4) is 0 Å². The predicted octanol–water partition coefficient (Wildman–Crippen LogP) is 2.96. The molecule has 0 spiro atoms. The molecule has 2 N–H and O–H groups in total. The molecular formula is C17H19NO4. The van der Waals surface area contributed by atoms with Crippen LogP contribution in [0, 0.1) is 13.8 Å². The van der Waals surface area contributed by atoms with Gasteiger partial charge in [0.2, 0.25) is 0 Å². The Morgan fingerprint density at radius 1 is 1.18 bits per heavy atom. The lowest BCUT2D eigenvalue weighted by Gasteiger charge is -2.14. The van der Waals surface area contributed by atoms with Crippen molar-refractivity contribution >= 4 is 11.9 Å². The first-order valence-corrected chi connectivity index (χ1v) is 7.05. The fourth-order valence-electron chi connectivity index (χ4n) is 2.45. The van der Waals surface area contributed by atoms with Gasteiger partial charge in [0, 0.05) is 12.1 Å². The Morgan fingerprint density at radius 2 is 1.82 bits per heavy atom. The number of aromatic carboxylic acids is 1. The molecule has 2 aromatic rings. The molecule has 1 aromatic carbocycles. The Labute approximate surface area is 129 Å². The number of rotatable bonds is 5. The molecule has 0 fully saturated rings. The van der Waals surface area contributed by atoms with Gasteiger partial charge >= 0.3 is 5.97 Å². The molecule has 1 amide bonds. The van der Waals surface area contributed by atoms with E-state index in [0.29, 0.717) is 6.42 Å². The highest BCUT2D eigenvalue weighted by Crippen LogP contribution is 2.12. The van der Waals surface area contributed by atoms with Crippen LogP contribution in [-0.4, -0.2) is 23.0 Å². The molecule has 1 heterocycles. The lowest BCUT2D eigenvalue weighted by molar-refractivity contribution is 0.0695. The Hall–Kier alpha value is -2.56. The largest absolute Gasteiger partial charge is 0.478 e. The molecule has 0 radical (unpaired) electrons. The number of carboxylic acids is 1. The molecule has 116 valence electrons. The van der Waals surface area contributed by atoms with Crippen LogP contribution in [0.1, 0.15) is 44.5 Å². The van der Waals surface area contributed by atoms with Crippen LogP contribution in [-0.2, 0) is 6.42 Å². The molecule has 0 aliphatic heterocycles. The maximum Gasteiger partial charge on any atom is 0.338 e. The van der Waals surface area contributed by atoms with Crippen molar-refractivity contribution in [2.24, 2.45) is 0 Å². The molecule has 1 atom stereocenters. The molecule has 0 saturated heterocycles. The maximum absolute atomic E-state index is 12.0. The van der Waals surface area contributed by atoms with Gasteiger partial charge in [-0.05, 0) is 32.8 Å². The Bertz CT molecular complexity index is 682. The van der Waals surface area contributed by atoms with Gasteiger partial charge in [0.25, 0.3) is 5.91 Å².